The number of anilines is 1. The van der Waals surface area contributed by atoms with E-state index in [2.05, 4.69) is 21.2 Å². The summed E-state index contributed by atoms with van der Waals surface area (Å²) in [5.74, 6) is -3.51. The minimum Gasteiger partial charge on any atom is -0.350 e. The summed E-state index contributed by atoms with van der Waals surface area (Å²) in [6.07, 6.45) is 1.03. The standard InChI is InChI=1S/C29H32BrF2N3O4S/c1-29(2,3)33-28(37)26(16-20-8-6-5-7-9-20)34(18-21-10-12-22(30)13-11-21)27(36)19-35(40(4,38)39)23-14-15-24(31)25(32)17-23/h5-15,17,26H,16,18-19H2,1-4H3,(H,33,37)/t26-/m1/s1. The molecule has 3 aromatic rings. The highest BCUT2D eigenvalue weighted by Crippen LogP contribution is 2.23. The van der Waals surface area contributed by atoms with Crippen LogP contribution in [0.15, 0.2) is 77.3 Å². The molecule has 0 heterocycles. The number of rotatable bonds is 10. The molecule has 3 aromatic carbocycles. The lowest BCUT2D eigenvalue weighted by atomic mass is 10.0. The van der Waals surface area contributed by atoms with Gasteiger partial charge in [-0.15, -0.1) is 0 Å². The fourth-order valence-electron chi connectivity index (χ4n) is 4.05. The van der Waals surface area contributed by atoms with Crippen molar-refractivity contribution in [2.24, 2.45) is 0 Å². The average molecular weight is 637 g/mol. The maximum Gasteiger partial charge on any atom is 0.244 e. The lowest BCUT2D eigenvalue weighted by molar-refractivity contribution is -0.140. The van der Waals surface area contributed by atoms with Crippen molar-refractivity contribution < 1.29 is 26.8 Å². The van der Waals surface area contributed by atoms with Gasteiger partial charge in [-0.05, 0) is 56.2 Å². The molecular formula is C29H32BrF2N3O4S. The van der Waals surface area contributed by atoms with Gasteiger partial charge >= 0.3 is 0 Å². The molecule has 1 atom stereocenters. The third kappa shape index (κ3) is 8.85. The van der Waals surface area contributed by atoms with E-state index in [1.165, 1.54) is 4.90 Å². The van der Waals surface area contributed by atoms with Gasteiger partial charge in [0.25, 0.3) is 0 Å². The SMILES string of the molecule is CC(C)(C)NC(=O)[C@@H](Cc1ccccc1)N(Cc1ccc(Br)cc1)C(=O)CN(c1ccc(F)c(F)c1)S(C)(=O)=O. The van der Waals surface area contributed by atoms with Crippen LogP contribution in [0.2, 0.25) is 0 Å². The van der Waals surface area contributed by atoms with E-state index in [4.69, 9.17) is 0 Å². The first-order valence-electron chi connectivity index (χ1n) is 12.5. The topological polar surface area (TPSA) is 86.8 Å². The summed E-state index contributed by atoms with van der Waals surface area (Å²) in [4.78, 5) is 28.9. The van der Waals surface area contributed by atoms with Gasteiger partial charge in [0.15, 0.2) is 11.6 Å². The van der Waals surface area contributed by atoms with Crippen LogP contribution in [0.5, 0.6) is 0 Å². The van der Waals surface area contributed by atoms with Gasteiger partial charge in [0.2, 0.25) is 21.8 Å². The Kier molecular flexibility index (Phi) is 10.1. The highest BCUT2D eigenvalue weighted by Gasteiger charge is 2.34. The molecule has 0 saturated heterocycles. The van der Waals surface area contributed by atoms with E-state index in [1.54, 1.807) is 24.3 Å². The highest BCUT2D eigenvalue weighted by atomic mass is 79.9. The summed E-state index contributed by atoms with van der Waals surface area (Å²) >= 11 is 3.39. The maximum absolute atomic E-state index is 14.0. The summed E-state index contributed by atoms with van der Waals surface area (Å²) < 4.78 is 54.6. The molecule has 0 bridgehead atoms. The highest BCUT2D eigenvalue weighted by molar-refractivity contribution is 9.10. The largest absolute Gasteiger partial charge is 0.350 e. The molecule has 11 heteroatoms. The van der Waals surface area contributed by atoms with Crippen molar-refractivity contribution in [3.63, 3.8) is 0 Å². The minimum atomic E-state index is -4.10. The van der Waals surface area contributed by atoms with Gasteiger partial charge < -0.3 is 10.2 Å². The smallest absolute Gasteiger partial charge is 0.244 e. The Morgan fingerprint density at radius 1 is 0.925 bits per heavy atom. The fourth-order valence-corrected chi connectivity index (χ4v) is 5.15. The van der Waals surface area contributed by atoms with Crippen molar-refractivity contribution in [2.75, 3.05) is 17.1 Å². The minimum absolute atomic E-state index is 0.00342. The molecule has 1 N–H and O–H groups in total. The molecule has 0 radical (unpaired) electrons. The van der Waals surface area contributed by atoms with Crippen LogP contribution in [-0.4, -0.2) is 49.5 Å². The lowest BCUT2D eigenvalue weighted by Gasteiger charge is -2.35. The van der Waals surface area contributed by atoms with Crippen molar-refractivity contribution in [2.45, 2.75) is 45.3 Å². The van der Waals surface area contributed by atoms with Crippen LogP contribution >= 0.6 is 15.9 Å². The van der Waals surface area contributed by atoms with Crippen molar-refractivity contribution in [3.05, 3.63) is 100 Å². The maximum atomic E-state index is 14.0. The quantitative estimate of drug-likeness (QED) is 0.338. The summed E-state index contributed by atoms with van der Waals surface area (Å²) in [7, 11) is -4.10. The molecule has 0 aliphatic heterocycles. The molecule has 0 aromatic heterocycles. The number of carbonyl (C=O) groups excluding carboxylic acids is 2. The predicted molar refractivity (Wildman–Crippen MR) is 155 cm³/mol. The van der Waals surface area contributed by atoms with Crippen molar-refractivity contribution in [1.29, 1.82) is 0 Å². The monoisotopic (exact) mass is 635 g/mol. The average Bonchev–Trinajstić information content (AvgIpc) is 2.86. The van der Waals surface area contributed by atoms with Gasteiger partial charge in [-0.2, -0.15) is 0 Å². The Labute approximate surface area is 242 Å². The van der Waals surface area contributed by atoms with Crippen LogP contribution in [-0.2, 0) is 32.6 Å². The summed E-state index contributed by atoms with van der Waals surface area (Å²) in [5.41, 5.74) is 0.683. The van der Waals surface area contributed by atoms with Crippen molar-refractivity contribution in [1.82, 2.24) is 10.2 Å². The van der Waals surface area contributed by atoms with Crippen LogP contribution < -0.4 is 9.62 Å². The summed E-state index contributed by atoms with van der Waals surface area (Å²) in [6.45, 7) is 4.73. The summed E-state index contributed by atoms with van der Waals surface area (Å²) in [6, 6.07) is 17.9. The molecule has 0 fully saturated rings. The van der Waals surface area contributed by atoms with Crippen LogP contribution in [0.1, 0.15) is 31.9 Å². The zero-order chi connectivity index (χ0) is 29.7. The fraction of sp³-hybridized carbons (Fsp3) is 0.310. The first-order chi connectivity index (χ1) is 18.6. The van der Waals surface area contributed by atoms with Gasteiger partial charge in [-0.3, -0.25) is 13.9 Å². The Bertz CT molecular complexity index is 1450. The number of hydrogen-bond acceptors (Lipinski definition) is 4. The van der Waals surface area contributed by atoms with Gasteiger partial charge in [0, 0.05) is 29.0 Å². The van der Waals surface area contributed by atoms with Crippen molar-refractivity contribution >= 4 is 43.5 Å². The van der Waals surface area contributed by atoms with Gasteiger partial charge in [-0.1, -0.05) is 58.4 Å². The number of hydrogen-bond donors (Lipinski definition) is 1. The Balaban J connectivity index is 2.08. The zero-order valence-electron chi connectivity index (χ0n) is 22.7. The van der Waals surface area contributed by atoms with Gasteiger partial charge in [0.1, 0.15) is 12.6 Å². The first-order valence-corrected chi connectivity index (χ1v) is 15.1. The number of nitrogens with zero attached hydrogens (tertiary/aromatic N) is 2. The molecule has 0 unspecified atom stereocenters. The molecule has 0 aliphatic rings. The molecule has 0 spiro atoms. The molecular weight excluding hydrogens is 604 g/mol. The van der Waals surface area contributed by atoms with E-state index in [0.717, 1.165) is 34.5 Å². The molecule has 2 amide bonds. The first kappa shape index (κ1) is 31.2. The second kappa shape index (κ2) is 12.9. The predicted octanol–water partition coefficient (Wildman–Crippen LogP) is 5.05. The second-order valence-electron chi connectivity index (χ2n) is 10.5. The molecule has 214 valence electrons. The Morgan fingerprint density at radius 2 is 1.55 bits per heavy atom. The molecule has 7 nitrogen and oxygen atoms in total. The van der Waals surface area contributed by atoms with E-state index in [9.17, 15) is 26.8 Å². The van der Waals surface area contributed by atoms with Gasteiger partial charge in [0.05, 0.1) is 11.9 Å². The van der Waals surface area contributed by atoms with Crippen LogP contribution in [0.4, 0.5) is 14.5 Å². The van der Waals surface area contributed by atoms with E-state index < -0.39 is 51.6 Å². The number of nitrogens with one attached hydrogen (secondary N) is 1. The molecule has 0 saturated carbocycles. The van der Waals surface area contributed by atoms with E-state index in [1.807, 2.05) is 51.1 Å². The van der Waals surface area contributed by atoms with Crippen LogP contribution in [0, 0.1) is 11.6 Å². The Hall–Kier alpha value is -3.31. The Morgan fingerprint density at radius 3 is 2.10 bits per heavy atom. The number of sulfonamides is 1. The van der Waals surface area contributed by atoms with Crippen LogP contribution in [0.25, 0.3) is 0 Å². The zero-order valence-corrected chi connectivity index (χ0v) is 25.1. The molecule has 40 heavy (non-hydrogen) atoms. The second-order valence-corrected chi connectivity index (χ2v) is 13.3. The number of carbonyl (C=O) groups is 2. The molecule has 0 aliphatic carbocycles. The number of benzene rings is 3. The van der Waals surface area contributed by atoms with E-state index in [0.29, 0.717) is 9.87 Å². The van der Waals surface area contributed by atoms with Crippen molar-refractivity contribution in [3.8, 4) is 0 Å². The van der Waals surface area contributed by atoms with E-state index >= 15 is 0 Å². The van der Waals surface area contributed by atoms with Gasteiger partial charge in [-0.25, -0.2) is 17.2 Å². The third-order valence-corrected chi connectivity index (χ3v) is 7.58. The number of amides is 2. The van der Waals surface area contributed by atoms with E-state index in [-0.39, 0.29) is 18.7 Å². The number of halogens is 3. The third-order valence-electron chi connectivity index (χ3n) is 5.91. The lowest BCUT2D eigenvalue weighted by Crippen LogP contribution is -2.56. The van der Waals surface area contributed by atoms with Crippen LogP contribution in [0.3, 0.4) is 0 Å². The summed E-state index contributed by atoms with van der Waals surface area (Å²) in [5, 5.41) is 2.94. The normalized spacial score (nSPS) is 12.5. The molecule has 3 rings (SSSR count).